The molecule has 2 N–H and O–H groups in total. The first-order valence-electron chi connectivity index (χ1n) is 9.54. The van der Waals surface area contributed by atoms with E-state index < -0.39 is 0 Å². The van der Waals surface area contributed by atoms with Gasteiger partial charge in [0.15, 0.2) is 0 Å². The Morgan fingerprint density at radius 3 is 2.70 bits per heavy atom. The molecule has 2 saturated heterocycles. The van der Waals surface area contributed by atoms with Crippen molar-refractivity contribution < 1.29 is 14.0 Å². The number of aromatic nitrogens is 2. The van der Waals surface area contributed by atoms with Gasteiger partial charge in [0, 0.05) is 18.5 Å². The first-order chi connectivity index (χ1) is 13.2. The number of piperidine rings is 1. The Balaban J connectivity index is 1.26. The third kappa shape index (κ3) is 2.98. The van der Waals surface area contributed by atoms with E-state index in [2.05, 4.69) is 10.2 Å². The number of rotatable bonds is 5. The van der Waals surface area contributed by atoms with Gasteiger partial charge in [-0.25, -0.2) is 4.79 Å². The molecule has 5 rings (SSSR count). The van der Waals surface area contributed by atoms with Gasteiger partial charge in [0.25, 0.3) is 0 Å². The van der Waals surface area contributed by atoms with Gasteiger partial charge in [-0.3, -0.25) is 4.84 Å². The van der Waals surface area contributed by atoms with E-state index in [1.807, 2.05) is 30.3 Å². The molecule has 2 aliphatic heterocycles. The van der Waals surface area contributed by atoms with Gasteiger partial charge in [0.05, 0.1) is 6.04 Å². The smallest absolute Gasteiger partial charge is 0.345 e. The van der Waals surface area contributed by atoms with Gasteiger partial charge >= 0.3 is 6.03 Å². The summed E-state index contributed by atoms with van der Waals surface area (Å²) in [5.41, 5.74) is 6.89. The predicted molar refractivity (Wildman–Crippen MR) is 95.2 cm³/mol. The summed E-state index contributed by atoms with van der Waals surface area (Å²) in [5, 5.41) is 9.95. The van der Waals surface area contributed by atoms with Gasteiger partial charge in [-0.2, -0.15) is 5.06 Å². The number of fused-ring (bicyclic) bond motifs is 2. The second kappa shape index (κ2) is 6.61. The fraction of sp³-hybridized carbons (Fsp3) is 0.526. The number of hydrogen-bond donors (Lipinski definition) is 1. The molecule has 142 valence electrons. The van der Waals surface area contributed by atoms with Crippen molar-refractivity contribution in [1.82, 2.24) is 20.2 Å². The van der Waals surface area contributed by atoms with Crippen molar-refractivity contribution in [2.45, 2.75) is 56.3 Å². The van der Waals surface area contributed by atoms with Crippen LogP contribution in [-0.4, -0.2) is 44.8 Å². The quantitative estimate of drug-likeness (QED) is 0.869. The molecule has 8 heteroatoms. The Morgan fingerprint density at radius 2 is 1.93 bits per heavy atom. The standard InChI is InChI=1S/C19H23N5O3/c20-14-8-13(9-14)17-21-22-18(27-17)16-7-6-15-10-23(16)19(25)24(15)26-11-12-4-2-1-3-5-12/h1-5,13-16H,6-11,20H2/t13?,14?,15-,16+/m1/s1. The third-order valence-corrected chi connectivity index (χ3v) is 5.80. The summed E-state index contributed by atoms with van der Waals surface area (Å²) in [6.45, 7) is 1.01. The van der Waals surface area contributed by atoms with Crippen LogP contribution in [0.5, 0.6) is 0 Å². The molecule has 0 radical (unpaired) electrons. The highest BCUT2D eigenvalue weighted by molar-refractivity contribution is 5.77. The molecule has 2 atom stereocenters. The van der Waals surface area contributed by atoms with Crippen molar-refractivity contribution in [3.05, 3.63) is 47.7 Å². The van der Waals surface area contributed by atoms with Crippen LogP contribution in [0.4, 0.5) is 4.79 Å². The highest BCUT2D eigenvalue weighted by Crippen LogP contribution is 2.40. The molecule has 0 unspecified atom stereocenters. The minimum atomic E-state index is -0.172. The number of amides is 2. The van der Waals surface area contributed by atoms with Gasteiger partial charge in [0.2, 0.25) is 11.8 Å². The van der Waals surface area contributed by atoms with Gasteiger partial charge in [-0.15, -0.1) is 10.2 Å². The first-order valence-corrected chi connectivity index (χ1v) is 9.54. The van der Waals surface area contributed by atoms with Crippen molar-refractivity contribution >= 4 is 6.03 Å². The molecule has 1 saturated carbocycles. The molecule has 27 heavy (non-hydrogen) atoms. The van der Waals surface area contributed by atoms with Crippen LogP contribution < -0.4 is 5.73 Å². The Hall–Kier alpha value is -2.45. The van der Waals surface area contributed by atoms with Crippen LogP contribution in [0.1, 0.15) is 55.0 Å². The average molecular weight is 369 g/mol. The Labute approximate surface area is 157 Å². The molecule has 3 heterocycles. The van der Waals surface area contributed by atoms with Crippen LogP contribution in [0.2, 0.25) is 0 Å². The molecule has 8 nitrogen and oxygen atoms in total. The predicted octanol–water partition coefficient (Wildman–Crippen LogP) is 2.35. The van der Waals surface area contributed by atoms with Crippen LogP contribution in [0.25, 0.3) is 0 Å². The first kappa shape index (κ1) is 16.7. The lowest BCUT2D eigenvalue weighted by Crippen LogP contribution is -2.35. The normalized spacial score (nSPS) is 29.9. The molecule has 2 aromatic rings. The van der Waals surface area contributed by atoms with Gasteiger partial charge in [-0.05, 0) is 31.2 Å². The molecule has 3 aliphatic rings. The molecule has 1 aromatic carbocycles. The van der Waals surface area contributed by atoms with E-state index in [4.69, 9.17) is 15.0 Å². The SMILES string of the molecule is NC1CC(c2nnc([C@@H]3CC[C@@H]4CN3C(=O)N4OCc3ccccc3)o2)C1. The fourth-order valence-corrected chi connectivity index (χ4v) is 4.18. The molecule has 1 aliphatic carbocycles. The lowest BCUT2D eigenvalue weighted by Gasteiger charge is -2.29. The number of benzene rings is 1. The summed E-state index contributed by atoms with van der Waals surface area (Å²) in [4.78, 5) is 20.5. The lowest BCUT2D eigenvalue weighted by molar-refractivity contribution is -0.140. The number of carbonyl (C=O) groups is 1. The average Bonchev–Trinajstić information content (AvgIpc) is 3.23. The lowest BCUT2D eigenvalue weighted by atomic mass is 9.81. The van der Waals surface area contributed by atoms with Crippen LogP contribution in [0.15, 0.2) is 34.7 Å². The Bertz CT molecular complexity index is 820. The highest BCUT2D eigenvalue weighted by Gasteiger charge is 2.48. The maximum absolute atomic E-state index is 12.9. The van der Waals surface area contributed by atoms with Crippen LogP contribution in [-0.2, 0) is 11.4 Å². The monoisotopic (exact) mass is 369 g/mol. The minimum Gasteiger partial charge on any atom is -0.423 e. The number of hydrogen-bond acceptors (Lipinski definition) is 6. The number of nitrogens with two attached hydrogens (primary N) is 1. The summed E-state index contributed by atoms with van der Waals surface area (Å²) in [7, 11) is 0. The van der Waals surface area contributed by atoms with E-state index in [-0.39, 0.29) is 30.1 Å². The van der Waals surface area contributed by atoms with Crippen molar-refractivity contribution in [3.63, 3.8) is 0 Å². The maximum atomic E-state index is 12.9. The molecule has 3 fully saturated rings. The van der Waals surface area contributed by atoms with Crippen molar-refractivity contribution in [2.24, 2.45) is 5.73 Å². The second-order valence-corrected chi connectivity index (χ2v) is 7.67. The molecule has 1 aromatic heterocycles. The minimum absolute atomic E-state index is 0.0736. The molecule has 2 amide bonds. The molecular weight excluding hydrogens is 346 g/mol. The van der Waals surface area contributed by atoms with Crippen molar-refractivity contribution in [1.29, 1.82) is 0 Å². The maximum Gasteiger partial charge on any atom is 0.345 e. The van der Waals surface area contributed by atoms with Crippen LogP contribution in [0.3, 0.4) is 0 Å². The largest absolute Gasteiger partial charge is 0.423 e. The number of carbonyl (C=O) groups excluding carboxylic acids is 1. The van der Waals surface area contributed by atoms with Crippen LogP contribution in [0, 0.1) is 0 Å². The number of hydroxylamine groups is 2. The third-order valence-electron chi connectivity index (χ3n) is 5.80. The van der Waals surface area contributed by atoms with E-state index in [9.17, 15) is 4.79 Å². The Kier molecular flexibility index (Phi) is 4.09. The van der Waals surface area contributed by atoms with Gasteiger partial charge in [0.1, 0.15) is 12.6 Å². The summed E-state index contributed by atoms with van der Waals surface area (Å²) >= 11 is 0. The zero-order valence-corrected chi connectivity index (χ0v) is 15.0. The summed E-state index contributed by atoms with van der Waals surface area (Å²) in [6.07, 6.45) is 3.43. The van der Waals surface area contributed by atoms with E-state index in [1.165, 1.54) is 5.06 Å². The van der Waals surface area contributed by atoms with E-state index in [1.54, 1.807) is 4.90 Å². The molecule has 2 bridgehead atoms. The highest BCUT2D eigenvalue weighted by atomic mass is 16.7. The zero-order valence-electron chi connectivity index (χ0n) is 15.0. The van der Waals surface area contributed by atoms with Crippen molar-refractivity contribution in [3.8, 4) is 0 Å². The van der Waals surface area contributed by atoms with Crippen LogP contribution >= 0.6 is 0 Å². The molecular formula is C19H23N5O3. The van der Waals surface area contributed by atoms with Gasteiger partial charge in [-0.1, -0.05) is 30.3 Å². The van der Waals surface area contributed by atoms with E-state index in [0.29, 0.717) is 24.9 Å². The summed E-state index contributed by atoms with van der Waals surface area (Å²) in [5.74, 6) is 1.44. The van der Waals surface area contributed by atoms with Gasteiger partial charge < -0.3 is 15.1 Å². The molecule has 0 spiro atoms. The topological polar surface area (TPSA) is 97.7 Å². The zero-order chi connectivity index (χ0) is 18.4. The van der Waals surface area contributed by atoms with Crippen molar-refractivity contribution in [2.75, 3.05) is 6.54 Å². The van der Waals surface area contributed by atoms with E-state index >= 15 is 0 Å². The summed E-state index contributed by atoms with van der Waals surface area (Å²) < 4.78 is 5.91. The number of nitrogens with zero attached hydrogens (tertiary/aromatic N) is 4. The Morgan fingerprint density at radius 1 is 1.15 bits per heavy atom. The fourth-order valence-electron chi connectivity index (χ4n) is 4.18. The second-order valence-electron chi connectivity index (χ2n) is 7.67. The van der Waals surface area contributed by atoms with E-state index in [0.717, 1.165) is 31.2 Å². The summed E-state index contributed by atoms with van der Waals surface area (Å²) in [6, 6.07) is 9.88. The number of urea groups is 1.